The molecule has 2 rings (SSSR count). The van der Waals surface area contributed by atoms with E-state index in [2.05, 4.69) is 5.32 Å². The van der Waals surface area contributed by atoms with Gasteiger partial charge in [0.25, 0.3) is 0 Å². The van der Waals surface area contributed by atoms with Crippen molar-refractivity contribution in [2.45, 2.75) is 31.3 Å². The molecule has 0 radical (unpaired) electrons. The monoisotopic (exact) mass is 228 g/mol. The van der Waals surface area contributed by atoms with Gasteiger partial charge in [0, 0.05) is 25.6 Å². The van der Waals surface area contributed by atoms with E-state index >= 15 is 0 Å². The Bertz CT molecular complexity index is 243. The van der Waals surface area contributed by atoms with Crippen LogP contribution in [0.4, 0.5) is 0 Å². The molecule has 1 heterocycles. The van der Waals surface area contributed by atoms with Gasteiger partial charge in [0.1, 0.15) is 0 Å². The summed E-state index contributed by atoms with van der Waals surface area (Å²) in [5.41, 5.74) is 0. The lowest BCUT2D eigenvalue weighted by Gasteiger charge is -2.34. The number of ether oxygens (including phenoxy) is 1. The molecular weight excluding hydrogens is 208 g/mol. The predicted molar refractivity (Wildman–Crippen MR) is 59.0 cm³/mol. The maximum absolute atomic E-state index is 11.9. The van der Waals surface area contributed by atoms with Gasteiger partial charge in [-0.2, -0.15) is 0 Å². The van der Waals surface area contributed by atoms with Crippen molar-refractivity contribution in [3.8, 4) is 0 Å². The number of aliphatic hydroxyl groups is 1. The van der Waals surface area contributed by atoms with Crippen LogP contribution < -0.4 is 5.32 Å². The summed E-state index contributed by atoms with van der Waals surface area (Å²) in [6, 6.07) is 0.494. The third-order valence-electron chi connectivity index (χ3n) is 3.11. The van der Waals surface area contributed by atoms with E-state index in [0.717, 1.165) is 6.54 Å². The van der Waals surface area contributed by atoms with Crippen LogP contribution in [0.5, 0.6) is 0 Å². The largest absolute Gasteiger partial charge is 0.394 e. The minimum absolute atomic E-state index is 0.0121. The third-order valence-corrected chi connectivity index (χ3v) is 3.11. The third kappa shape index (κ3) is 3.17. The number of carbonyl (C=O) groups excluding carboxylic acids is 1. The molecular formula is C11H20N2O3. The van der Waals surface area contributed by atoms with Gasteiger partial charge >= 0.3 is 0 Å². The van der Waals surface area contributed by atoms with Crippen LogP contribution in [0.2, 0.25) is 0 Å². The van der Waals surface area contributed by atoms with Crippen LogP contribution in [-0.4, -0.2) is 60.9 Å². The van der Waals surface area contributed by atoms with Crippen molar-refractivity contribution < 1.29 is 14.6 Å². The average molecular weight is 228 g/mol. The lowest BCUT2D eigenvalue weighted by atomic mass is 10.2. The first-order chi connectivity index (χ1) is 7.81. The summed E-state index contributed by atoms with van der Waals surface area (Å²) in [6.07, 6.45) is 3.00. The lowest BCUT2D eigenvalue weighted by molar-refractivity contribution is -0.141. The van der Waals surface area contributed by atoms with E-state index in [-0.39, 0.29) is 18.6 Å². The number of rotatable bonds is 5. The number of carbonyl (C=O) groups is 1. The Kier molecular flexibility index (Phi) is 4.15. The molecule has 1 unspecified atom stereocenters. The maximum Gasteiger partial charge on any atom is 0.224 e. The van der Waals surface area contributed by atoms with Crippen LogP contribution in [0.3, 0.4) is 0 Å². The van der Waals surface area contributed by atoms with E-state index in [4.69, 9.17) is 9.84 Å². The molecule has 1 saturated carbocycles. The van der Waals surface area contributed by atoms with Gasteiger partial charge in [-0.05, 0) is 12.8 Å². The molecule has 1 aliphatic carbocycles. The van der Waals surface area contributed by atoms with Crippen molar-refractivity contribution in [1.82, 2.24) is 10.2 Å². The average Bonchev–Trinajstić information content (AvgIpc) is 3.13. The first-order valence-electron chi connectivity index (χ1n) is 6.02. The van der Waals surface area contributed by atoms with Gasteiger partial charge in [-0.3, -0.25) is 4.79 Å². The minimum atomic E-state index is -0.151. The van der Waals surface area contributed by atoms with Crippen molar-refractivity contribution in [1.29, 1.82) is 0 Å². The van der Waals surface area contributed by atoms with Gasteiger partial charge in [-0.15, -0.1) is 0 Å². The Morgan fingerprint density at radius 3 is 3.00 bits per heavy atom. The summed E-state index contributed by atoms with van der Waals surface area (Å²) < 4.78 is 5.24. The molecule has 5 nitrogen and oxygen atoms in total. The zero-order chi connectivity index (χ0) is 11.4. The fourth-order valence-electron chi connectivity index (χ4n) is 1.95. The van der Waals surface area contributed by atoms with E-state index in [1.54, 1.807) is 4.90 Å². The molecule has 0 aromatic heterocycles. The molecule has 1 aliphatic heterocycles. The van der Waals surface area contributed by atoms with Crippen LogP contribution in [-0.2, 0) is 9.53 Å². The topological polar surface area (TPSA) is 61.8 Å². The molecule has 1 saturated heterocycles. The Labute approximate surface area is 95.8 Å². The van der Waals surface area contributed by atoms with Gasteiger partial charge in [0.2, 0.25) is 5.91 Å². The highest BCUT2D eigenvalue weighted by Gasteiger charge is 2.27. The van der Waals surface area contributed by atoms with Crippen molar-refractivity contribution in [2.24, 2.45) is 0 Å². The lowest BCUT2D eigenvalue weighted by Crippen LogP contribution is -2.50. The second kappa shape index (κ2) is 5.61. The first-order valence-corrected chi connectivity index (χ1v) is 6.02. The number of hydrogen-bond donors (Lipinski definition) is 2. The second-order valence-electron chi connectivity index (χ2n) is 4.48. The summed E-state index contributed by atoms with van der Waals surface area (Å²) in [4.78, 5) is 13.6. The summed E-state index contributed by atoms with van der Waals surface area (Å²) in [7, 11) is 0. The van der Waals surface area contributed by atoms with Crippen molar-refractivity contribution in [3.05, 3.63) is 0 Å². The van der Waals surface area contributed by atoms with E-state index in [9.17, 15) is 4.79 Å². The molecule has 1 amide bonds. The van der Waals surface area contributed by atoms with Gasteiger partial charge < -0.3 is 20.1 Å². The first kappa shape index (κ1) is 11.8. The quantitative estimate of drug-likeness (QED) is 0.656. The van der Waals surface area contributed by atoms with Crippen molar-refractivity contribution in [2.75, 3.05) is 32.9 Å². The number of nitrogens with zero attached hydrogens (tertiary/aromatic N) is 1. The van der Waals surface area contributed by atoms with E-state index in [0.29, 0.717) is 32.2 Å². The molecule has 92 valence electrons. The Balaban J connectivity index is 1.72. The molecule has 0 bridgehead atoms. The molecule has 1 atom stereocenters. The molecule has 5 heteroatoms. The minimum Gasteiger partial charge on any atom is -0.394 e. The Hall–Kier alpha value is -0.650. The normalized spacial score (nSPS) is 25.8. The van der Waals surface area contributed by atoms with Crippen LogP contribution >= 0.6 is 0 Å². The highest BCUT2D eigenvalue weighted by Crippen LogP contribution is 2.18. The number of amides is 1. The molecule has 0 aromatic carbocycles. The SMILES string of the molecule is O=C(CCNC1CC1)N1CCOCC1CO. The number of hydrogen-bond acceptors (Lipinski definition) is 4. The zero-order valence-corrected chi connectivity index (χ0v) is 9.52. The van der Waals surface area contributed by atoms with Gasteiger partial charge in [0.05, 0.1) is 25.9 Å². The highest BCUT2D eigenvalue weighted by molar-refractivity contribution is 5.76. The van der Waals surface area contributed by atoms with Gasteiger partial charge in [-0.1, -0.05) is 0 Å². The molecule has 2 fully saturated rings. The smallest absolute Gasteiger partial charge is 0.224 e. The van der Waals surface area contributed by atoms with Crippen LogP contribution in [0.25, 0.3) is 0 Å². The molecule has 16 heavy (non-hydrogen) atoms. The standard InChI is InChI=1S/C11H20N2O3/c14-7-10-8-16-6-5-13(10)11(15)3-4-12-9-1-2-9/h9-10,12,14H,1-8H2. The fraction of sp³-hybridized carbons (Fsp3) is 0.909. The molecule has 0 spiro atoms. The van der Waals surface area contributed by atoms with Crippen LogP contribution in [0.15, 0.2) is 0 Å². The molecule has 2 N–H and O–H groups in total. The van der Waals surface area contributed by atoms with E-state index in [1.807, 2.05) is 0 Å². The second-order valence-corrected chi connectivity index (χ2v) is 4.48. The van der Waals surface area contributed by atoms with Gasteiger partial charge in [-0.25, -0.2) is 0 Å². The fourth-order valence-corrected chi connectivity index (χ4v) is 1.95. The number of morpholine rings is 1. The highest BCUT2D eigenvalue weighted by atomic mass is 16.5. The predicted octanol–water partition coefficient (Wildman–Crippen LogP) is -0.652. The van der Waals surface area contributed by atoms with Gasteiger partial charge in [0.15, 0.2) is 0 Å². The van der Waals surface area contributed by atoms with Crippen LogP contribution in [0.1, 0.15) is 19.3 Å². The summed E-state index contributed by atoms with van der Waals surface area (Å²) in [6.45, 7) is 2.38. The van der Waals surface area contributed by atoms with Crippen LogP contribution in [0, 0.1) is 0 Å². The number of aliphatic hydroxyl groups excluding tert-OH is 1. The summed E-state index contributed by atoms with van der Waals surface area (Å²) in [5, 5.41) is 12.5. The molecule has 2 aliphatic rings. The molecule has 0 aromatic rings. The zero-order valence-electron chi connectivity index (χ0n) is 9.52. The summed E-state index contributed by atoms with van der Waals surface area (Å²) >= 11 is 0. The van der Waals surface area contributed by atoms with E-state index in [1.165, 1.54) is 12.8 Å². The Morgan fingerprint density at radius 2 is 2.31 bits per heavy atom. The van der Waals surface area contributed by atoms with E-state index < -0.39 is 0 Å². The van der Waals surface area contributed by atoms with Crippen molar-refractivity contribution in [3.63, 3.8) is 0 Å². The van der Waals surface area contributed by atoms with Crippen molar-refractivity contribution >= 4 is 5.91 Å². The maximum atomic E-state index is 11.9. The Morgan fingerprint density at radius 1 is 1.50 bits per heavy atom. The summed E-state index contributed by atoms with van der Waals surface area (Å²) in [5.74, 6) is 0.121. The number of nitrogens with one attached hydrogen (secondary N) is 1.